The number of hydrogen-bond donors (Lipinski definition) is 1. The Bertz CT molecular complexity index is 1750. The fraction of sp³-hybridized carbons (Fsp3) is 0.257. The average molecular weight is 744 g/mol. The van der Waals surface area contributed by atoms with Crippen LogP contribution in [-0.4, -0.2) is 43.8 Å². The van der Waals surface area contributed by atoms with Gasteiger partial charge in [0.2, 0.25) is 11.8 Å². The third-order valence-electron chi connectivity index (χ3n) is 8.03. The molecule has 1 N–H and O–H groups in total. The van der Waals surface area contributed by atoms with Crippen molar-refractivity contribution in [2.75, 3.05) is 10.8 Å². The van der Waals surface area contributed by atoms with Gasteiger partial charge in [0.25, 0.3) is 10.0 Å². The van der Waals surface area contributed by atoms with Crippen LogP contribution >= 0.6 is 39.1 Å². The molecule has 46 heavy (non-hydrogen) atoms. The van der Waals surface area contributed by atoms with E-state index in [1.807, 2.05) is 30.3 Å². The van der Waals surface area contributed by atoms with Gasteiger partial charge < -0.3 is 10.2 Å². The van der Waals surface area contributed by atoms with Crippen molar-refractivity contribution in [1.29, 1.82) is 0 Å². The lowest BCUT2D eigenvalue weighted by Crippen LogP contribution is -2.54. The van der Waals surface area contributed by atoms with E-state index in [0.717, 1.165) is 40.0 Å². The summed E-state index contributed by atoms with van der Waals surface area (Å²) in [5.41, 5.74) is 1.82. The molecule has 4 aromatic rings. The second-order valence-electron chi connectivity index (χ2n) is 11.3. The molecule has 0 unspecified atom stereocenters. The third kappa shape index (κ3) is 8.50. The van der Waals surface area contributed by atoms with Gasteiger partial charge in [0.1, 0.15) is 12.6 Å². The molecule has 0 saturated heterocycles. The molecule has 0 aliphatic heterocycles. The van der Waals surface area contributed by atoms with Gasteiger partial charge in [-0.15, -0.1) is 0 Å². The highest BCUT2D eigenvalue weighted by molar-refractivity contribution is 9.10. The minimum atomic E-state index is -4.17. The monoisotopic (exact) mass is 741 g/mol. The van der Waals surface area contributed by atoms with Crippen LogP contribution in [0.3, 0.4) is 0 Å². The smallest absolute Gasteiger partial charge is 0.264 e. The highest BCUT2D eigenvalue weighted by Crippen LogP contribution is 2.28. The van der Waals surface area contributed by atoms with Gasteiger partial charge in [0, 0.05) is 23.5 Å². The van der Waals surface area contributed by atoms with Crippen LogP contribution in [0.1, 0.15) is 36.8 Å². The summed E-state index contributed by atoms with van der Waals surface area (Å²) in [5.74, 6) is -0.832. The maximum absolute atomic E-state index is 14.6. The highest BCUT2D eigenvalue weighted by Gasteiger charge is 2.35. The highest BCUT2D eigenvalue weighted by atomic mass is 79.9. The van der Waals surface area contributed by atoms with Gasteiger partial charge in [-0.1, -0.05) is 107 Å². The lowest BCUT2D eigenvalue weighted by molar-refractivity contribution is -0.140. The molecule has 1 aliphatic rings. The SMILES string of the molecule is O=C(NC1CCCC1)[C@@H](Cc1ccccc1)N(Cc1ccc(Cl)c(Cl)c1)C(=O)CN(c1ccc(Br)cc1)S(=O)(=O)c1ccccc1. The molecule has 0 heterocycles. The van der Waals surface area contributed by atoms with Gasteiger partial charge >= 0.3 is 0 Å². The predicted molar refractivity (Wildman–Crippen MR) is 186 cm³/mol. The molecule has 240 valence electrons. The first-order valence-corrected chi connectivity index (χ1v) is 18.0. The molecule has 1 atom stereocenters. The number of carbonyl (C=O) groups is 2. The molecule has 0 radical (unpaired) electrons. The lowest BCUT2D eigenvalue weighted by atomic mass is 10.0. The normalized spacial score (nSPS) is 14.1. The summed E-state index contributed by atoms with van der Waals surface area (Å²) in [6.07, 6.45) is 4.03. The van der Waals surface area contributed by atoms with Gasteiger partial charge in [0.05, 0.1) is 20.6 Å². The fourth-order valence-electron chi connectivity index (χ4n) is 5.61. The molecule has 2 amide bonds. The molecule has 5 rings (SSSR count). The van der Waals surface area contributed by atoms with E-state index in [1.165, 1.54) is 17.0 Å². The number of rotatable bonds is 12. The van der Waals surface area contributed by atoms with E-state index >= 15 is 0 Å². The van der Waals surface area contributed by atoms with E-state index in [4.69, 9.17) is 23.2 Å². The molecule has 11 heteroatoms. The first-order chi connectivity index (χ1) is 22.1. The molecule has 4 aromatic carbocycles. The van der Waals surface area contributed by atoms with Crippen molar-refractivity contribution in [3.63, 3.8) is 0 Å². The first-order valence-electron chi connectivity index (χ1n) is 15.0. The molecular formula is C35H34BrCl2N3O4S. The number of carbonyl (C=O) groups excluding carboxylic acids is 2. The van der Waals surface area contributed by atoms with Crippen LogP contribution in [0.15, 0.2) is 112 Å². The minimum Gasteiger partial charge on any atom is -0.352 e. The standard InChI is InChI=1S/C35H34BrCl2N3O4S/c36-27-16-18-29(19-17-27)41(46(44,45)30-13-5-2-6-14-30)24-34(42)40(23-26-15-20-31(37)32(38)21-26)33(22-25-9-3-1-4-10-25)35(43)39-28-11-7-8-12-28/h1-6,9-10,13-21,28,33H,7-8,11-12,22-24H2,(H,39,43)/t33-/m1/s1. The number of sulfonamides is 1. The zero-order chi connectivity index (χ0) is 32.7. The van der Waals surface area contributed by atoms with Gasteiger partial charge in [0.15, 0.2) is 0 Å². The molecule has 0 aromatic heterocycles. The Kier molecular flexibility index (Phi) is 11.4. The predicted octanol–water partition coefficient (Wildman–Crippen LogP) is 7.65. The van der Waals surface area contributed by atoms with E-state index in [-0.39, 0.29) is 29.8 Å². The van der Waals surface area contributed by atoms with Crippen LogP contribution in [0.25, 0.3) is 0 Å². The second-order valence-corrected chi connectivity index (χ2v) is 14.9. The van der Waals surface area contributed by atoms with Gasteiger partial charge in [-0.05, 0) is 72.5 Å². The number of halogens is 3. The van der Waals surface area contributed by atoms with Crippen molar-refractivity contribution in [1.82, 2.24) is 10.2 Å². The van der Waals surface area contributed by atoms with Gasteiger partial charge in [-0.3, -0.25) is 13.9 Å². The first kappa shape index (κ1) is 34.0. The van der Waals surface area contributed by atoms with E-state index in [2.05, 4.69) is 21.2 Å². The van der Waals surface area contributed by atoms with E-state index in [1.54, 1.807) is 60.7 Å². The maximum atomic E-state index is 14.6. The number of nitrogens with zero attached hydrogens (tertiary/aromatic N) is 2. The summed E-state index contributed by atoms with van der Waals surface area (Å²) in [4.78, 5) is 30.2. The molecule has 1 fully saturated rings. The Labute approximate surface area is 288 Å². The number of nitrogens with one attached hydrogen (secondary N) is 1. The number of anilines is 1. The van der Waals surface area contributed by atoms with E-state index < -0.39 is 28.5 Å². The Balaban J connectivity index is 1.57. The lowest BCUT2D eigenvalue weighted by Gasteiger charge is -2.34. The summed E-state index contributed by atoms with van der Waals surface area (Å²) in [7, 11) is -4.17. The van der Waals surface area contributed by atoms with Crippen LogP contribution in [-0.2, 0) is 32.6 Å². The molecule has 7 nitrogen and oxygen atoms in total. The van der Waals surface area contributed by atoms with Gasteiger partial charge in [-0.25, -0.2) is 8.42 Å². The Morgan fingerprint density at radius 3 is 2.09 bits per heavy atom. The van der Waals surface area contributed by atoms with E-state index in [9.17, 15) is 18.0 Å². The largest absolute Gasteiger partial charge is 0.352 e. The maximum Gasteiger partial charge on any atom is 0.264 e. The molecule has 1 saturated carbocycles. The van der Waals surface area contributed by atoms with Crippen LogP contribution in [0.4, 0.5) is 5.69 Å². The third-order valence-corrected chi connectivity index (χ3v) is 11.1. The second kappa shape index (κ2) is 15.5. The van der Waals surface area contributed by atoms with Crippen LogP contribution in [0, 0.1) is 0 Å². The Morgan fingerprint density at radius 2 is 1.46 bits per heavy atom. The minimum absolute atomic E-state index is 0.00483. The number of hydrogen-bond acceptors (Lipinski definition) is 4. The Morgan fingerprint density at radius 1 is 0.826 bits per heavy atom. The molecule has 0 bridgehead atoms. The summed E-state index contributed by atoms with van der Waals surface area (Å²) in [6, 6.07) is 28.3. The number of amides is 2. The fourth-order valence-corrected chi connectivity index (χ4v) is 7.63. The van der Waals surface area contributed by atoms with Crippen molar-refractivity contribution in [2.24, 2.45) is 0 Å². The van der Waals surface area contributed by atoms with Crippen LogP contribution in [0.5, 0.6) is 0 Å². The van der Waals surface area contributed by atoms with Crippen molar-refractivity contribution in [3.05, 3.63) is 129 Å². The van der Waals surface area contributed by atoms with Crippen molar-refractivity contribution in [2.45, 2.75) is 55.6 Å². The van der Waals surface area contributed by atoms with Crippen molar-refractivity contribution >= 4 is 66.7 Å². The summed E-state index contributed by atoms with van der Waals surface area (Å²) in [6.45, 7) is -0.535. The molecule has 0 spiro atoms. The van der Waals surface area contributed by atoms with Crippen molar-refractivity contribution in [3.8, 4) is 0 Å². The Hall–Kier alpha value is -3.37. The zero-order valence-corrected chi connectivity index (χ0v) is 28.9. The quantitative estimate of drug-likeness (QED) is 0.162. The topological polar surface area (TPSA) is 86.8 Å². The van der Waals surface area contributed by atoms with Crippen LogP contribution in [0.2, 0.25) is 10.0 Å². The van der Waals surface area contributed by atoms with Crippen molar-refractivity contribution < 1.29 is 18.0 Å². The average Bonchev–Trinajstić information content (AvgIpc) is 3.57. The molecule has 1 aliphatic carbocycles. The number of benzene rings is 4. The zero-order valence-electron chi connectivity index (χ0n) is 25.0. The van der Waals surface area contributed by atoms with Gasteiger partial charge in [-0.2, -0.15) is 0 Å². The van der Waals surface area contributed by atoms with Crippen LogP contribution < -0.4 is 9.62 Å². The van der Waals surface area contributed by atoms with E-state index in [0.29, 0.717) is 21.3 Å². The summed E-state index contributed by atoms with van der Waals surface area (Å²) < 4.78 is 30.0. The summed E-state index contributed by atoms with van der Waals surface area (Å²) >= 11 is 16.0. The molecular weight excluding hydrogens is 709 g/mol. The summed E-state index contributed by atoms with van der Waals surface area (Å²) in [5, 5.41) is 3.84.